The van der Waals surface area contributed by atoms with E-state index in [1.165, 1.54) is 0 Å². The van der Waals surface area contributed by atoms with Crippen LogP contribution in [-0.4, -0.2) is 63.0 Å². The topological polar surface area (TPSA) is 114 Å². The van der Waals surface area contributed by atoms with E-state index in [4.69, 9.17) is 23.7 Å². The zero-order valence-electron chi connectivity index (χ0n) is 19.8. The fourth-order valence-electron chi connectivity index (χ4n) is 7.43. The second-order valence-electron chi connectivity index (χ2n) is 10.4. The third kappa shape index (κ3) is 4.24. The normalized spacial score (nSPS) is 42.1. The molecule has 1 unspecified atom stereocenters. The van der Waals surface area contributed by atoms with E-state index in [0.717, 1.165) is 25.7 Å². The third-order valence-electron chi connectivity index (χ3n) is 9.07. The van der Waals surface area contributed by atoms with Crippen LogP contribution < -0.4 is 0 Å². The summed E-state index contributed by atoms with van der Waals surface area (Å²) in [6.45, 7) is 8.65. The Kier molecular flexibility index (Phi) is 7.71. The molecular formula is C24H36O9. The maximum absolute atomic E-state index is 11.3. The molecule has 7 atom stereocenters. The van der Waals surface area contributed by atoms with Crippen LogP contribution in [0.25, 0.3) is 0 Å². The molecule has 1 saturated heterocycles. The molecule has 9 heteroatoms. The summed E-state index contributed by atoms with van der Waals surface area (Å²) < 4.78 is 27.9. The Morgan fingerprint density at radius 3 is 2.21 bits per heavy atom. The molecule has 0 N–H and O–H groups in total. The van der Waals surface area contributed by atoms with Crippen LogP contribution in [0.3, 0.4) is 0 Å². The minimum absolute atomic E-state index is 0.0777. The van der Waals surface area contributed by atoms with Gasteiger partial charge in [-0.15, -0.1) is 0 Å². The molecule has 0 bridgehead atoms. The highest BCUT2D eigenvalue weighted by atomic mass is 16.6. The predicted molar refractivity (Wildman–Crippen MR) is 115 cm³/mol. The van der Waals surface area contributed by atoms with Crippen molar-refractivity contribution >= 4 is 25.9 Å². The van der Waals surface area contributed by atoms with Crippen molar-refractivity contribution in [2.75, 3.05) is 19.8 Å². The second-order valence-corrected chi connectivity index (χ2v) is 10.4. The zero-order valence-corrected chi connectivity index (χ0v) is 19.8. The molecular weight excluding hydrogens is 432 g/mol. The van der Waals surface area contributed by atoms with Crippen molar-refractivity contribution in [1.82, 2.24) is 0 Å². The summed E-state index contributed by atoms with van der Waals surface area (Å²) in [6.07, 6.45) is 4.73. The fraction of sp³-hybridized carbons (Fsp3) is 0.833. The van der Waals surface area contributed by atoms with E-state index in [1.54, 1.807) is 0 Å². The Labute approximate surface area is 194 Å². The second kappa shape index (κ2) is 9.99. The number of ether oxygens (including phenoxy) is 5. The Balaban J connectivity index is 1.98. The fourth-order valence-corrected chi connectivity index (χ4v) is 7.43. The minimum Gasteiger partial charge on any atom is -0.468 e. The van der Waals surface area contributed by atoms with Crippen LogP contribution in [0.2, 0.25) is 0 Å². The molecule has 1 aliphatic heterocycles. The van der Waals surface area contributed by atoms with Crippen molar-refractivity contribution in [2.24, 2.45) is 22.7 Å². The van der Waals surface area contributed by atoms with Crippen LogP contribution >= 0.6 is 0 Å². The van der Waals surface area contributed by atoms with Crippen LogP contribution in [0, 0.1) is 22.7 Å². The molecule has 0 aromatic carbocycles. The van der Waals surface area contributed by atoms with Gasteiger partial charge in [0.15, 0.2) is 0 Å². The first kappa shape index (κ1) is 25.5. The lowest BCUT2D eigenvalue weighted by atomic mass is 9.43. The number of rotatable bonds is 12. The Morgan fingerprint density at radius 2 is 1.55 bits per heavy atom. The molecule has 1 heterocycles. The van der Waals surface area contributed by atoms with Crippen molar-refractivity contribution in [3.8, 4) is 0 Å². The monoisotopic (exact) mass is 468 g/mol. The molecule has 3 aliphatic rings. The van der Waals surface area contributed by atoms with Gasteiger partial charge in [0.2, 0.25) is 0 Å². The highest BCUT2D eigenvalue weighted by Crippen LogP contribution is 2.68. The van der Waals surface area contributed by atoms with Gasteiger partial charge in [-0.1, -0.05) is 20.8 Å². The van der Waals surface area contributed by atoms with Crippen molar-refractivity contribution in [1.29, 1.82) is 0 Å². The van der Waals surface area contributed by atoms with Gasteiger partial charge in [-0.05, 0) is 50.4 Å². The van der Waals surface area contributed by atoms with Crippen molar-refractivity contribution in [2.45, 2.75) is 83.0 Å². The Morgan fingerprint density at radius 1 is 0.848 bits per heavy atom. The molecule has 0 radical (unpaired) electrons. The van der Waals surface area contributed by atoms with Gasteiger partial charge in [0.25, 0.3) is 25.9 Å². The largest absolute Gasteiger partial charge is 0.468 e. The van der Waals surface area contributed by atoms with Crippen molar-refractivity contribution in [3.63, 3.8) is 0 Å². The standard InChI is InChI=1S/C24H36O9/c1-18-4-5-19-21(2,12-30-15-26)20(32-17-28)6-7-22(19,3)24(18)9-8-23(33-24,13-31-16-27)10-11-29-14-25/h14-20H,4-13H2,1-3H3/t18-,19?,20+,21+,22+,23+,24-/m1/s1. The lowest BCUT2D eigenvalue weighted by Gasteiger charge is -2.65. The summed E-state index contributed by atoms with van der Waals surface area (Å²) in [7, 11) is 0. The molecule has 2 aliphatic carbocycles. The summed E-state index contributed by atoms with van der Waals surface area (Å²) >= 11 is 0. The smallest absolute Gasteiger partial charge is 0.293 e. The Hall–Kier alpha value is -2.16. The minimum atomic E-state index is -0.741. The van der Waals surface area contributed by atoms with Gasteiger partial charge < -0.3 is 23.7 Å². The van der Waals surface area contributed by atoms with E-state index in [9.17, 15) is 19.2 Å². The van der Waals surface area contributed by atoms with Crippen LogP contribution in [0.4, 0.5) is 0 Å². The van der Waals surface area contributed by atoms with E-state index in [2.05, 4.69) is 13.8 Å². The van der Waals surface area contributed by atoms with Gasteiger partial charge in [0.1, 0.15) is 24.9 Å². The van der Waals surface area contributed by atoms with E-state index >= 15 is 0 Å². The molecule has 3 fully saturated rings. The van der Waals surface area contributed by atoms with Crippen molar-refractivity contribution in [3.05, 3.63) is 0 Å². The van der Waals surface area contributed by atoms with Crippen LogP contribution in [0.15, 0.2) is 0 Å². The van der Waals surface area contributed by atoms with Gasteiger partial charge in [-0.2, -0.15) is 0 Å². The average molecular weight is 469 g/mol. The molecule has 2 saturated carbocycles. The summed E-state index contributed by atoms with van der Waals surface area (Å²) in [5, 5.41) is 0. The van der Waals surface area contributed by atoms with Crippen molar-refractivity contribution < 1.29 is 42.9 Å². The van der Waals surface area contributed by atoms with Gasteiger partial charge in [0, 0.05) is 17.3 Å². The van der Waals surface area contributed by atoms with E-state index in [1.807, 2.05) is 6.92 Å². The quantitative estimate of drug-likeness (QED) is 0.242. The van der Waals surface area contributed by atoms with E-state index in [0.29, 0.717) is 45.2 Å². The van der Waals surface area contributed by atoms with Gasteiger partial charge in [-0.3, -0.25) is 19.2 Å². The molecule has 33 heavy (non-hydrogen) atoms. The number of fused-ring (bicyclic) bond motifs is 2. The lowest BCUT2D eigenvalue weighted by Crippen LogP contribution is -2.67. The molecule has 0 amide bonds. The first-order valence-corrected chi connectivity index (χ1v) is 11.7. The SMILES string of the molecule is C[C@@H]1CCC2[C@](C)(COC=O)[C@@H](OC=O)CC[C@]2(C)[C@@]12CC[C@](CCOC=O)(COC=O)O2. The maximum atomic E-state index is 11.3. The molecule has 9 nitrogen and oxygen atoms in total. The summed E-state index contributed by atoms with van der Waals surface area (Å²) in [6, 6.07) is 0. The number of hydrogen-bond donors (Lipinski definition) is 0. The number of carbonyl (C=O) groups is 4. The number of carbonyl (C=O) groups excluding carboxylic acids is 4. The summed E-state index contributed by atoms with van der Waals surface area (Å²) in [5.74, 6) is 0.317. The number of hydrogen-bond acceptors (Lipinski definition) is 9. The van der Waals surface area contributed by atoms with Crippen LogP contribution in [-0.2, 0) is 42.9 Å². The highest BCUT2D eigenvalue weighted by Gasteiger charge is 2.69. The highest BCUT2D eigenvalue weighted by molar-refractivity contribution is 5.39. The molecule has 3 rings (SSSR count). The van der Waals surface area contributed by atoms with Gasteiger partial charge >= 0.3 is 0 Å². The first-order chi connectivity index (χ1) is 15.8. The lowest BCUT2D eigenvalue weighted by molar-refractivity contribution is -0.273. The summed E-state index contributed by atoms with van der Waals surface area (Å²) in [5.41, 5.74) is -2.09. The van der Waals surface area contributed by atoms with Crippen LogP contribution in [0.5, 0.6) is 0 Å². The molecule has 0 aromatic heterocycles. The molecule has 186 valence electrons. The van der Waals surface area contributed by atoms with Gasteiger partial charge in [-0.25, -0.2) is 0 Å². The first-order valence-electron chi connectivity index (χ1n) is 11.7. The van der Waals surface area contributed by atoms with E-state index < -0.39 is 16.6 Å². The summed E-state index contributed by atoms with van der Waals surface area (Å²) in [4.78, 5) is 44.0. The zero-order chi connectivity index (χ0) is 24.2. The maximum Gasteiger partial charge on any atom is 0.293 e. The third-order valence-corrected chi connectivity index (χ3v) is 9.07. The predicted octanol–water partition coefficient (Wildman–Crippen LogP) is 2.58. The average Bonchev–Trinajstić information content (AvgIpc) is 3.19. The van der Waals surface area contributed by atoms with E-state index in [-0.39, 0.29) is 43.2 Å². The molecule has 0 aromatic rings. The Bertz CT molecular complexity index is 729. The molecule has 1 spiro atoms. The van der Waals surface area contributed by atoms with Gasteiger partial charge in [0.05, 0.1) is 12.2 Å². The van der Waals surface area contributed by atoms with Crippen LogP contribution in [0.1, 0.15) is 65.7 Å².